The molecule has 1 rings (SSSR count). The first-order valence-corrected chi connectivity index (χ1v) is 6.56. The molecule has 1 N–H and O–H groups in total. The van der Waals surface area contributed by atoms with E-state index in [1.807, 2.05) is 52.2 Å². The van der Waals surface area contributed by atoms with Gasteiger partial charge in [-0.15, -0.1) is 0 Å². The fourth-order valence-corrected chi connectivity index (χ4v) is 3.03. The molecule has 0 bridgehead atoms. The fraction of sp³-hybridized carbons (Fsp3) is 0.900. The third-order valence-corrected chi connectivity index (χ3v) is 3.26. The number of hydrogen-bond acceptors (Lipinski definition) is 3. The van der Waals surface area contributed by atoms with Crippen molar-refractivity contribution in [3.8, 4) is 0 Å². The zero-order valence-electron chi connectivity index (χ0n) is 12.7. The Labute approximate surface area is 113 Å². The molecular weight excluding hydrogens is 225 g/mol. The summed E-state index contributed by atoms with van der Waals surface area (Å²) in [5.74, 6) is 0. The van der Waals surface area contributed by atoms with E-state index in [-0.39, 0.29) is 12.2 Å². The highest BCUT2D eigenvalue weighted by Gasteiger charge is 2.48. The Kier molecular flexibility index (Phi) is 3.93. The van der Waals surface area contributed by atoms with E-state index in [4.69, 9.17) is 4.74 Å². The van der Waals surface area contributed by atoms with Crippen molar-refractivity contribution in [3.05, 3.63) is 0 Å². The Hall–Kier alpha value is -0.510. The van der Waals surface area contributed by atoms with Crippen LogP contribution in [0.15, 0.2) is 0 Å². The number of likely N-dealkylation sites (tertiary alicyclic amines) is 1. The van der Waals surface area contributed by atoms with Crippen LogP contribution in [0.5, 0.6) is 0 Å². The van der Waals surface area contributed by atoms with Crippen molar-refractivity contribution >= 4 is 37.5 Å². The van der Waals surface area contributed by atoms with E-state index >= 15 is 0 Å². The third kappa shape index (κ3) is 3.50. The van der Waals surface area contributed by atoms with Gasteiger partial charge in [0.05, 0.1) is 6.10 Å². The summed E-state index contributed by atoms with van der Waals surface area (Å²) in [5.41, 5.74) is -0.501. The number of aliphatic hydroxyl groups is 1. The van der Waals surface area contributed by atoms with Crippen molar-refractivity contribution < 1.29 is 14.6 Å². The van der Waals surface area contributed by atoms with Crippen LogP contribution in [0.25, 0.3) is 0 Å². The molecule has 1 fully saturated rings. The first kappa shape index (κ1) is 15.5. The molecule has 98 valence electrons. The molecule has 4 nitrogen and oxygen atoms in total. The molecule has 0 radical (unpaired) electrons. The molecule has 1 aliphatic rings. The van der Waals surface area contributed by atoms with E-state index in [2.05, 4.69) is 0 Å². The molecule has 1 saturated heterocycles. The van der Waals surface area contributed by atoms with Gasteiger partial charge in [-0.2, -0.15) is 0 Å². The first-order chi connectivity index (χ1) is 7.85. The molecule has 1 heterocycles. The van der Waals surface area contributed by atoms with Gasteiger partial charge in [0, 0.05) is 0 Å². The van der Waals surface area contributed by atoms with Crippen molar-refractivity contribution in [1.82, 2.24) is 4.90 Å². The van der Waals surface area contributed by atoms with E-state index in [1.165, 1.54) is 0 Å². The van der Waals surface area contributed by atoms with Gasteiger partial charge in [0.25, 0.3) is 0 Å². The number of piperidine rings is 1. The molecular formula is C10H23B4NO3. The molecule has 1 amide bonds. The second-order valence-electron chi connectivity index (χ2n) is 7.50. The Balaban J connectivity index is 2.99. The maximum atomic E-state index is 12.4. The lowest BCUT2D eigenvalue weighted by atomic mass is 9.46. The third-order valence-electron chi connectivity index (χ3n) is 3.26. The van der Waals surface area contributed by atoms with Gasteiger partial charge in [-0.1, -0.05) is 0 Å². The molecule has 0 aliphatic carbocycles. The van der Waals surface area contributed by atoms with E-state index in [0.717, 1.165) is 0 Å². The minimum atomic E-state index is -0.501. The summed E-state index contributed by atoms with van der Waals surface area (Å²) in [5, 5.41) is 9.14. The summed E-state index contributed by atoms with van der Waals surface area (Å²) < 4.78 is 5.49. The van der Waals surface area contributed by atoms with Crippen molar-refractivity contribution in [2.75, 3.05) is 0 Å². The highest BCUT2D eigenvalue weighted by Crippen LogP contribution is 2.33. The molecule has 0 atom stereocenters. The highest BCUT2D eigenvalue weighted by atomic mass is 16.6. The fourth-order valence-electron chi connectivity index (χ4n) is 3.03. The Morgan fingerprint density at radius 3 is 1.94 bits per heavy atom. The van der Waals surface area contributed by atoms with Gasteiger partial charge >= 0.3 is 6.09 Å². The Morgan fingerprint density at radius 1 is 1.22 bits per heavy atom. The van der Waals surface area contributed by atoms with Crippen LogP contribution >= 0.6 is 0 Å². The molecule has 0 aromatic carbocycles. The van der Waals surface area contributed by atoms with Crippen LogP contribution in [0.1, 0.15) is 33.6 Å². The van der Waals surface area contributed by atoms with E-state index < -0.39 is 16.3 Å². The van der Waals surface area contributed by atoms with Crippen LogP contribution in [-0.2, 0) is 4.74 Å². The number of carbonyl (C=O) groups excluding carboxylic acids is 1. The monoisotopic (exact) mass is 249 g/mol. The van der Waals surface area contributed by atoms with Gasteiger partial charge < -0.3 is 14.7 Å². The molecule has 0 aromatic heterocycles. The lowest BCUT2D eigenvalue weighted by molar-refractivity contribution is -0.0170. The summed E-state index contributed by atoms with van der Waals surface area (Å²) in [6.07, 6.45) is 0.490. The quantitative estimate of drug-likeness (QED) is 0.472. The molecule has 0 saturated carbocycles. The molecule has 18 heavy (non-hydrogen) atoms. The van der Waals surface area contributed by atoms with Crippen LogP contribution < -0.4 is 0 Å². The average Bonchev–Trinajstić information content (AvgIpc) is 1.90. The largest absolute Gasteiger partial charge is 0.444 e. The zero-order valence-corrected chi connectivity index (χ0v) is 12.7. The van der Waals surface area contributed by atoms with Gasteiger partial charge in [0.1, 0.15) is 37.0 Å². The van der Waals surface area contributed by atoms with Crippen LogP contribution in [0.3, 0.4) is 0 Å². The maximum absolute atomic E-state index is 12.4. The van der Waals surface area contributed by atoms with Gasteiger partial charge in [-0.05, 0) is 44.3 Å². The smallest absolute Gasteiger partial charge is 0.408 e. The number of rotatable bonds is 0. The van der Waals surface area contributed by atoms with E-state index in [1.54, 1.807) is 4.90 Å². The molecule has 8 heteroatoms. The predicted molar refractivity (Wildman–Crippen MR) is 83.0 cm³/mol. The number of amides is 1. The molecule has 1 aliphatic heterocycles. The summed E-state index contributed by atoms with van der Waals surface area (Å²) in [6.45, 7) is 5.59. The second kappa shape index (κ2) is 4.55. The van der Waals surface area contributed by atoms with Crippen LogP contribution in [0.4, 0.5) is 4.79 Å². The summed E-state index contributed by atoms with van der Waals surface area (Å²) in [4.78, 5) is 14.1. The average molecular weight is 249 g/mol. The minimum Gasteiger partial charge on any atom is -0.444 e. The lowest BCUT2D eigenvalue weighted by Gasteiger charge is -2.55. The van der Waals surface area contributed by atoms with Gasteiger partial charge in [-0.3, -0.25) is 0 Å². The van der Waals surface area contributed by atoms with Gasteiger partial charge in [0.2, 0.25) is 0 Å². The van der Waals surface area contributed by atoms with Gasteiger partial charge in [-0.25, -0.2) is 4.79 Å². The standard InChI is InChI=1S/C10H23B4NO3/c1-8(2,3)18-7(17)15-9(11,12)4-6(16)5-10(15,13)14/h6,16H,4-5,11-14H2,1-3H3. The summed E-state index contributed by atoms with van der Waals surface area (Å²) in [7, 11) is 7.89. The van der Waals surface area contributed by atoms with Crippen LogP contribution in [0.2, 0.25) is 0 Å². The normalized spacial score (nSPS) is 23.7. The maximum Gasteiger partial charge on any atom is 0.408 e. The number of nitrogens with zero attached hydrogens (tertiary/aromatic N) is 1. The van der Waals surface area contributed by atoms with Crippen molar-refractivity contribution in [2.45, 2.75) is 56.0 Å². The van der Waals surface area contributed by atoms with Crippen LogP contribution in [0, 0.1) is 0 Å². The van der Waals surface area contributed by atoms with E-state index in [0.29, 0.717) is 12.8 Å². The second-order valence-corrected chi connectivity index (χ2v) is 7.50. The predicted octanol–water partition coefficient (Wildman–Crippen LogP) is -2.78. The molecule has 0 unspecified atom stereocenters. The van der Waals surface area contributed by atoms with E-state index in [9.17, 15) is 9.90 Å². The zero-order chi connectivity index (χ0) is 14.4. The molecule has 0 aromatic rings. The van der Waals surface area contributed by atoms with Crippen LogP contribution in [-0.4, -0.2) is 69.9 Å². The minimum absolute atomic E-state index is 0.301. The Bertz CT molecular complexity index is 323. The first-order valence-electron chi connectivity index (χ1n) is 6.56. The SMILES string of the molecule is BC1(B)CC(O)CC(B)(B)N1C(=O)OC(C)(C)C. The lowest BCUT2D eigenvalue weighted by Crippen LogP contribution is -2.70. The summed E-state index contributed by atoms with van der Waals surface area (Å²) in [6, 6.07) is 0. The Morgan fingerprint density at radius 2 is 1.61 bits per heavy atom. The van der Waals surface area contributed by atoms with Gasteiger partial charge in [0.15, 0.2) is 0 Å². The number of hydrogen-bond donors (Lipinski definition) is 1. The van der Waals surface area contributed by atoms with Crippen molar-refractivity contribution in [2.24, 2.45) is 0 Å². The number of aliphatic hydroxyl groups excluding tert-OH is 1. The number of carbonyl (C=O) groups is 1. The van der Waals surface area contributed by atoms with Crippen molar-refractivity contribution in [1.29, 1.82) is 0 Å². The van der Waals surface area contributed by atoms with Crippen molar-refractivity contribution in [3.63, 3.8) is 0 Å². The highest BCUT2D eigenvalue weighted by molar-refractivity contribution is 6.45. The summed E-state index contributed by atoms with van der Waals surface area (Å²) >= 11 is 0. The molecule has 0 spiro atoms. The topological polar surface area (TPSA) is 49.8 Å². The number of ether oxygens (including phenoxy) is 1.